The lowest BCUT2D eigenvalue weighted by atomic mass is 10.2. The number of carbonyl (C=O) groups excluding carboxylic acids is 1. The van der Waals surface area contributed by atoms with E-state index >= 15 is 0 Å². The summed E-state index contributed by atoms with van der Waals surface area (Å²) in [5, 5.41) is 3.34. The molecule has 3 nitrogen and oxygen atoms in total. The molecule has 1 atom stereocenters. The molecule has 1 aliphatic carbocycles. The number of rotatable bonds is 5. The first kappa shape index (κ1) is 13.1. The Kier molecular flexibility index (Phi) is 4.76. The van der Waals surface area contributed by atoms with Crippen molar-refractivity contribution in [2.24, 2.45) is 0 Å². The molecule has 2 rings (SSSR count). The largest absolute Gasteiger partial charge is 0.460 e. The molecule has 1 aromatic carbocycles. The van der Waals surface area contributed by atoms with Crippen LogP contribution in [-0.4, -0.2) is 18.1 Å². The molecular weight excluding hydrogens is 226 g/mol. The molecule has 3 heteroatoms. The first-order valence-corrected chi connectivity index (χ1v) is 6.72. The van der Waals surface area contributed by atoms with Crippen LogP contribution in [0.2, 0.25) is 0 Å². The Labute approximate surface area is 109 Å². The predicted octanol–water partition coefficient (Wildman–Crippen LogP) is 2.65. The maximum absolute atomic E-state index is 11.8. The van der Waals surface area contributed by atoms with Gasteiger partial charge in [0.2, 0.25) is 0 Å². The lowest BCUT2D eigenvalue weighted by molar-refractivity contribution is -0.147. The van der Waals surface area contributed by atoms with Crippen molar-refractivity contribution in [3.63, 3.8) is 0 Å². The SMILES string of the molecule is CC(NC1CCCC1)C(=O)OCc1ccccc1. The fourth-order valence-corrected chi connectivity index (χ4v) is 2.37. The van der Waals surface area contributed by atoms with Crippen molar-refractivity contribution in [1.82, 2.24) is 5.32 Å². The molecule has 1 aliphatic rings. The number of ether oxygens (including phenoxy) is 1. The van der Waals surface area contributed by atoms with E-state index < -0.39 is 0 Å². The fraction of sp³-hybridized carbons (Fsp3) is 0.533. The van der Waals surface area contributed by atoms with Crippen molar-refractivity contribution in [3.05, 3.63) is 35.9 Å². The summed E-state index contributed by atoms with van der Waals surface area (Å²) in [6, 6.07) is 10.0. The van der Waals surface area contributed by atoms with E-state index in [2.05, 4.69) is 5.32 Å². The van der Waals surface area contributed by atoms with Crippen LogP contribution in [-0.2, 0) is 16.1 Å². The second-order valence-corrected chi connectivity index (χ2v) is 4.96. The fourth-order valence-electron chi connectivity index (χ4n) is 2.37. The molecule has 0 amide bonds. The van der Waals surface area contributed by atoms with Crippen LogP contribution in [0.25, 0.3) is 0 Å². The van der Waals surface area contributed by atoms with Crippen LogP contribution in [0.15, 0.2) is 30.3 Å². The number of carbonyl (C=O) groups is 1. The van der Waals surface area contributed by atoms with Gasteiger partial charge in [-0.25, -0.2) is 0 Å². The predicted molar refractivity (Wildman–Crippen MR) is 71.1 cm³/mol. The van der Waals surface area contributed by atoms with Crippen molar-refractivity contribution in [2.75, 3.05) is 0 Å². The van der Waals surface area contributed by atoms with E-state index in [-0.39, 0.29) is 12.0 Å². The third-order valence-corrected chi connectivity index (χ3v) is 3.42. The zero-order valence-corrected chi connectivity index (χ0v) is 10.9. The van der Waals surface area contributed by atoms with Gasteiger partial charge in [0, 0.05) is 6.04 Å². The molecule has 18 heavy (non-hydrogen) atoms. The van der Waals surface area contributed by atoms with Crippen LogP contribution in [0.5, 0.6) is 0 Å². The molecule has 0 spiro atoms. The maximum atomic E-state index is 11.8. The van der Waals surface area contributed by atoms with Gasteiger partial charge in [-0.05, 0) is 25.3 Å². The monoisotopic (exact) mass is 247 g/mol. The summed E-state index contributed by atoms with van der Waals surface area (Å²) in [6.45, 7) is 2.24. The zero-order valence-electron chi connectivity index (χ0n) is 10.9. The number of benzene rings is 1. The normalized spacial score (nSPS) is 17.6. The van der Waals surface area contributed by atoms with Gasteiger partial charge < -0.3 is 10.1 Å². The second kappa shape index (κ2) is 6.55. The Hall–Kier alpha value is -1.35. The molecular formula is C15H21NO2. The highest BCUT2D eigenvalue weighted by atomic mass is 16.5. The standard InChI is InChI=1S/C15H21NO2/c1-12(16-14-9-5-6-10-14)15(17)18-11-13-7-3-2-4-8-13/h2-4,7-8,12,14,16H,5-6,9-11H2,1H3. The Morgan fingerprint density at radius 1 is 1.33 bits per heavy atom. The Balaban J connectivity index is 1.73. The smallest absolute Gasteiger partial charge is 0.323 e. The highest BCUT2D eigenvalue weighted by molar-refractivity contribution is 5.75. The van der Waals surface area contributed by atoms with Gasteiger partial charge >= 0.3 is 5.97 Å². The van der Waals surface area contributed by atoms with Crippen molar-refractivity contribution in [1.29, 1.82) is 0 Å². The van der Waals surface area contributed by atoms with E-state index in [1.807, 2.05) is 37.3 Å². The third kappa shape index (κ3) is 3.84. The van der Waals surface area contributed by atoms with Crippen LogP contribution in [0.1, 0.15) is 38.2 Å². The number of nitrogens with one attached hydrogen (secondary N) is 1. The van der Waals surface area contributed by atoms with E-state index in [0.29, 0.717) is 12.6 Å². The van der Waals surface area contributed by atoms with Crippen LogP contribution in [0.4, 0.5) is 0 Å². The molecule has 0 saturated heterocycles. The molecule has 1 unspecified atom stereocenters. The molecule has 0 aliphatic heterocycles. The topological polar surface area (TPSA) is 38.3 Å². The summed E-state index contributed by atoms with van der Waals surface area (Å²) < 4.78 is 5.30. The molecule has 1 fully saturated rings. The van der Waals surface area contributed by atoms with Gasteiger partial charge in [0.25, 0.3) is 0 Å². The van der Waals surface area contributed by atoms with Crippen molar-refractivity contribution in [3.8, 4) is 0 Å². The molecule has 0 radical (unpaired) electrons. The Morgan fingerprint density at radius 2 is 2.00 bits per heavy atom. The van der Waals surface area contributed by atoms with Gasteiger partial charge in [-0.15, -0.1) is 0 Å². The van der Waals surface area contributed by atoms with Gasteiger partial charge in [0.15, 0.2) is 0 Å². The van der Waals surface area contributed by atoms with E-state index in [1.54, 1.807) is 0 Å². The van der Waals surface area contributed by atoms with Crippen LogP contribution < -0.4 is 5.32 Å². The van der Waals surface area contributed by atoms with E-state index in [0.717, 1.165) is 5.56 Å². The first-order chi connectivity index (χ1) is 8.75. The Morgan fingerprint density at radius 3 is 2.67 bits per heavy atom. The number of esters is 1. The summed E-state index contributed by atoms with van der Waals surface area (Å²) in [5.41, 5.74) is 1.03. The van der Waals surface area contributed by atoms with Crippen LogP contribution >= 0.6 is 0 Å². The summed E-state index contributed by atoms with van der Waals surface area (Å²) in [7, 11) is 0. The van der Waals surface area contributed by atoms with Gasteiger partial charge in [0.05, 0.1) is 0 Å². The summed E-state index contributed by atoms with van der Waals surface area (Å²) in [4.78, 5) is 11.8. The van der Waals surface area contributed by atoms with Gasteiger partial charge in [-0.2, -0.15) is 0 Å². The summed E-state index contributed by atoms with van der Waals surface area (Å²) in [6.07, 6.45) is 4.89. The highest BCUT2D eigenvalue weighted by Gasteiger charge is 2.21. The molecule has 1 N–H and O–H groups in total. The average molecular weight is 247 g/mol. The lowest BCUT2D eigenvalue weighted by Crippen LogP contribution is -2.40. The van der Waals surface area contributed by atoms with Gasteiger partial charge in [-0.1, -0.05) is 43.2 Å². The quantitative estimate of drug-likeness (QED) is 0.813. The molecule has 0 aromatic heterocycles. The minimum Gasteiger partial charge on any atom is -0.460 e. The maximum Gasteiger partial charge on any atom is 0.323 e. The minimum absolute atomic E-state index is 0.161. The first-order valence-electron chi connectivity index (χ1n) is 6.72. The number of hydrogen-bond donors (Lipinski definition) is 1. The zero-order chi connectivity index (χ0) is 12.8. The van der Waals surface area contributed by atoms with Crippen molar-refractivity contribution >= 4 is 5.97 Å². The lowest BCUT2D eigenvalue weighted by Gasteiger charge is -2.18. The molecule has 1 saturated carbocycles. The Bertz CT molecular complexity index is 371. The van der Waals surface area contributed by atoms with Gasteiger partial charge in [0.1, 0.15) is 12.6 Å². The van der Waals surface area contributed by atoms with E-state index in [9.17, 15) is 4.79 Å². The van der Waals surface area contributed by atoms with Crippen molar-refractivity contribution in [2.45, 2.75) is 51.3 Å². The summed E-state index contributed by atoms with van der Waals surface area (Å²) in [5.74, 6) is -0.161. The molecule has 0 heterocycles. The van der Waals surface area contributed by atoms with E-state index in [4.69, 9.17) is 4.74 Å². The molecule has 98 valence electrons. The third-order valence-electron chi connectivity index (χ3n) is 3.42. The van der Waals surface area contributed by atoms with Crippen LogP contribution in [0, 0.1) is 0 Å². The summed E-state index contributed by atoms with van der Waals surface area (Å²) >= 11 is 0. The van der Waals surface area contributed by atoms with Crippen LogP contribution in [0.3, 0.4) is 0 Å². The average Bonchev–Trinajstić information content (AvgIpc) is 2.90. The minimum atomic E-state index is -0.211. The van der Waals surface area contributed by atoms with E-state index in [1.165, 1.54) is 25.7 Å². The molecule has 1 aromatic rings. The number of hydrogen-bond acceptors (Lipinski definition) is 3. The second-order valence-electron chi connectivity index (χ2n) is 4.96. The highest BCUT2D eigenvalue weighted by Crippen LogP contribution is 2.18. The van der Waals surface area contributed by atoms with Gasteiger partial charge in [-0.3, -0.25) is 4.79 Å². The van der Waals surface area contributed by atoms with Crippen molar-refractivity contribution < 1.29 is 9.53 Å². The molecule has 0 bridgehead atoms.